The van der Waals surface area contributed by atoms with Crippen molar-refractivity contribution < 1.29 is 23.8 Å². The van der Waals surface area contributed by atoms with Gasteiger partial charge in [0.15, 0.2) is 0 Å². The Hall–Kier alpha value is -1.36. The van der Waals surface area contributed by atoms with Gasteiger partial charge in [-0.1, -0.05) is 12.2 Å². The van der Waals surface area contributed by atoms with E-state index < -0.39 is 11.9 Å². The minimum atomic E-state index is -0.503. The molecule has 2 fully saturated rings. The molecule has 24 heavy (non-hydrogen) atoms. The molecule has 0 amide bonds. The SMILES string of the molecule is CC(C)(C)OC(=O)CC1C2C=CC(C2)C1C(=O)OC1CCCCO1. The smallest absolute Gasteiger partial charge is 0.312 e. The highest BCUT2D eigenvalue weighted by Crippen LogP contribution is 2.50. The van der Waals surface area contributed by atoms with Crippen LogP contribution in [0, 0.1) is 23.7 Å². The van der Waals surface area contributed by atoms with Crippen LogP contribution in [0.5, 0.6) is 0 Å². The molecule has 3 rings (SSSR count). The van der Waals surface area contributed by atoms with E-state index in [2.05, 4.69) is 12.2 Å². The molecule has 0 aromatic rings. The van der Waals surface area contributed by atoms with Crippen LogP contribution in [0.2, 0.25) is 0 Å². The van der Waals surface area contributed by atoms with Crippen LogP contribution in [0.4, 0.5) is 0 Å². The van der Waals surface area contributed by atoms with Gasteiger partial charge in [-0.2, -0.15) is 0 Å². The molecule has 2 aliphatic carbocycles. The van der Waals surface area contributed by atoms with E-state index in [1.54, 1.807) is 0 Å². The molecule has 1 aliphatic heterocycles. The van der Waals surface area contributed by atoms with Gasteiger partial charge in [-0.05, 0) is 57.8 Å². The van der Waals surface area contributed by atoms with Gasteiger partial charge in [0.05, 0.1) is 12.5 Å². The maximum atomic E-state index is 12.7. The van der Waals surface area contributed by atoms with Gasteiger partial charge < -0.3 is 14.2 Å². The van der Waals surface area contributed by atoms with Gasteiger partial charge in [-0.3, -0.25) is 9.59 Å². The molecular weight excluding hydrogens is 308 g/mol. The summed E-state index contributed by atoms with van der Waals surface area (Å²) in [6, 6.07) is 0. The van der Waals surface area contributed by atoms with Gasteiger partial charge in [0, 0.05) is 12.8 Å². The monoisotopic (exact) mass is 336 g/mol. The Labute approximate surface area is 143 Å². The van der Waals surface area contributed by atoms with Crippen molar-refractivity contribution in [1.82, 2.24) is 0 Å². The van der Waals surface area contributed by atoms with E-state index >= 15 is 0 Å². The Kier molecular flexibility index (Phi) is 5.00. The van der Waals surface area contributed by atoms with Crippen molar-refractivity contribution in [3.63, 3.8) is 0 Å². The van der Waals surface area contributed by atoms with Crippen molar-refractivity contribution in [1.29, 1.82) is 0 Å². The summed E-state index contributed by atoms with van der Waals surface area (Å²) >= 11 is 0. The fourth-order valence-electron chi connectivity index (χ4n) is 4.14. The molecule has 0 aromatic heterocycles. The minimum Gasteiger partial charge on any atom is -0.460 e. The molecule has 2 bridgehead atoms. The van der Waals surface area contributed by atoms with Gasteiger partial charge in [-0.25, -0.2) is 0 Å². The Bertz CT molecular complexity index is 512. The molecule has 5 unspecified atom stereocenters. The van der Waals surface area contributed by atoms with Gasteiger partial charge in [0.1, 0.15) is 5.60 Å². The Balaban J connectivity index is 1.63. The quantitative estimate of drug-likeness (QED) is 0.583. The molecule has 1 saturated heterocycles. The number of allylic oxidation sites excluding steroid dienone is 2. The normalized spacial score (nSPS) is 35.0. The highest BCUT2D eigenvalue weighted by Gasteiger charge is 2.50. The second kappa shape index (κ2) is 6.87. The summed E-state index contributed by atoms with van der Waals surface area (Å²) in [7, 11) is 0. The first kappa shape index (κ1) is 17.5. The maximum absolute atomic E-state index is 12.7. The fraction of sp³-hybridized carbons (Fsp3) is 0.789. The topological polar surface area (TPSA) is 61.8 Å². The van der Waals surface area contributed by atoms with E-state index in [4.69, 9.17) is 14.2 Å². The predicted molar refractivity (Wildman–Crippen MR) is 87.9 cm³/mol. The van der Waals surface area contributed by atoms with Crippen LogP contribution in [0.15, 0.2) is 12.2 Å². The summed E-state index contributed by atoms with van der Waals surface area (Å²) in [5.74, 6) is -0.276. The van der Waals surface area contributed by atoms with E-state index in [0.29, 0.717) is 6.61 Å². The number of esters is 2. The Morgan fingerprint density at radius 2 is 1.92 bits per heavy atom. The van der Waals surface area contributed by atoms with Crippen LogP contribution in [-0.2, 0) is 23.8 Å². The number of hydrogen-bond donors (Lipinski definition) is 0. The molecule has 3 aliphatic rings. The predicted octanol–water partition coefficient (Wildman–Crippen LogP) is 3.23. The molecule has 1 heterocycles. The lowest BCUT2D eigenvalue weighted by atomic mass is 9.81. The van der Waals surface area contributed by atoms with Crippen molar-refractivity contribution in [3.05, 3.63) is 12.2 Å². The zero-order chi connectivity index (χ0) is 17.3. The zero-order valence-corrected chi connectivity index (χ0v) is 14.8. The van der Waals surface area contributed by atoms with Crippen molar-refractivity contribution in [2.24, 2.45) is 23.7 Å². The maximum Gasteiger partial charge on any atom is 0.312 e. The summed E-state index contributed by atoms with van der Waals surface area (Å²) in [6.07, 6.45) is 7.83. The van der Waals surface area contributed by atoms with Gasteiger partial charge in [0.2, 0.25) is 6.29 Å². The van der Waals surface area contributed by atoms with Crippen LogP contribution >= 0.6 is 0 Å². The highest BCUT2D eigenvalue weighted by atomic mass is 16.7. The molecular formula is C19H28O5. The van der Waals surface area contributed by atoms with E-state index in [-0.39, 0.29) is 42.0 Å². The van der Waals surface area contributed by atoms with Crippen LogP contribution in [0.1, 0.15) is 52.9 Å². The van der Waals surface area contributed by atoms with E-state index in [1.807, 2.05) is 20.8 Å². The van der Waals surface area contributed by atoms with Crippen molar-refractivity contribution >= 4 is 11.9 Å². The van der Waals surface area contributed by atoms with E-state index in [9.17, 15) is 9.59 Å². The number of ether oxygens (including phenoxy) is 3. The average molecular weight is 336 g/mol. The van der Waals surface area contributed by atoms with Gasteiger partial charge in [-0.15, -0.1) is 0 Å². The molecule has 5 heteroatoms. The lowest BCUT2D eigenvalue weighted by molar-refractivity contribution is -0.193. The lowest BCUT2D eigenvalue weighted by Gasteiger charge is -2.30. The molecule has 0 radical (unpaired) electrons. The largest absolute Gasteiger partial charge is 0.460 e. The molecule has 5 atom stereocenters. The molecule has 1 saturated carbocycles. The lowest BCUT2D eigenvalue weighted by Crippen LogP contribution is -2.36. The van der Waals surface area contributed by atoms with Crippen molar-refractivity contribution in [3.8, 4) is 0 Å². The molecule has 5 nitrogen and oxygen atoms in total. The van der Waals surface area contributed by atoms with Crippen LogP contribution in [-0.4, -0.2) is 30.4 Å². The Morgan fingerprint density at radius 3 is 2.58 bits per heavy atom. The second-order valence-electron chi connectivity index (χ2n) is 8.16. The molecule has 134 valence electrons. The molecule has 0 aromatic carbocycles. The summed E-state index contributed by atoms with van der Waals surface area (Å²) in [5, 5.41) is 0. The minimum absolute atomic E-state index is 0.0223. The highest BCUT2D eigenvalue weighted by molar-refractivity contribution is 5.77. The average Bonchev–Trinajstić information content (AvgIpc) is 3.07. The first-order valence-corrected chi connectivity index (χ1v) is 9.06. The first-order chi connectivity index (χ1) is 11.3. The summed E-state index contributed by atoms with van der Waals surface area (Å²) in [5.41, 5.74) is -0.503. The summed E-state index contributed by atoms with van der Waals surface area (Å²) in [4.78, 5) is 24.9. The zero-order valence-electron chi connectivity index (χ0n) is 14.8. The Morgan fingerprint density at radius 1 is 1.17 bits per heavy atom. The number of rotatable bonds is 4. The molecule has 0 N–H and O–H groups in total. The van der Waals surface area contributed by atoms with Crippen LogP contribution < -0.4 is 0 Å². The van der Waals surface area contributed by atoms with E-state index in [1.165, 1.54) is 0 Å². The number of hydrogen-bond acceptors (Lipinski definition) is 5. The van der Waals surface area contributed by atoms with E-state index in [0.717, 1.165) is 25.7 Å². The molecule has 0 spiro atoms. The second-order valence-corrected chi connectivity index (χ2v) is 8.16. The number of fused-ring (bicyclic) bond motifs is 2. The van der Waals surface area contributed by atoms with Crippen molar-refractivity contribution in [2.45, 2.75) is 64.8 Å². The van der Waals surface area contributed by atoms with Crippen molar-refractivity contribution in [2.75, 3.05) is 6.61 Å². The van der Waals surface area contributed by atoms with Crippen LogP contribution in [0.25, 0.3) is 0 Å². The number of carbonyl (C=O) groups excluding carboxylic acids is 2. The number of carbonyl (C=O) groups is 2. The first-order valence-electron chi connectivity index (χ1n) is 9.06. The standard InChI is InChI=1S/C19H28O5/c1-19(2,3)24-15(20)11-14-12-7-8-13(10-12)17(14)18(21)23-16-6-4-5-9-22-16/h7-8,12-14,16-17H,4-6,9-11H2,1-3H3. The third-order valence-corrected chi connectivity index (χ3v) is 5.10. The third kappa shape index (κ3) is 4.00. The van der Waals surface area contributed by atoms with Crippen LogP contribution in [0.3, 0.4) is 0 Å². The third-order valence-electron chi connectivity index (χ3n) is 5.10. The fourth-order valence-corrected chi connectivity index (χ4v) is 4.14. The summed E-state index contributed by atoms with van der Waals surface area (Å²) < 4.78 is 16.6. The van der Waals surface area contributed by atoms with Gasteiger partial charge >= 0.3 is 11.9 Å². The summed E-state index contributed by atoms with van der Waals surface area (Å²) in [6.45, 7) is 6.23. The van der Waals surface area contributed by atoms with Gasteiger partial charge in [0.25, 0.3) is 0 Å².